The zero-order valence-corrected chi connectivity index (χ0v) is 11.6. The third-order valence-electron chi connectivity index (χ3n) is 3.63. The van der Waals surface area contributed by atoms with E-state index in [1.807, 2.05) is 4.68 Å². The fourth-order valence-electron chi connectivity index (χ4n) is 2.56. The highest BCUT2D eigenvalue weighted by molar-refractivity contribution is 5.58. The monoisotopic (exact) mass is 256 g/mol. The van der Waals surface area contributed by atoms with E-state index in [1.165, 1.54) is 24.1 Å². The molecule has 19 heavy (non-hydrogen) atoms. The number of hydrogen-bond acceptors (Lipinski definition) is 3. The van der Waals surface area contributed by atoms with Crippen LogP contribution < -0.4 is 5.32 Å². The number of hydrogen-bond donors (Lipinski definition) is 1. The molecule has 4 heteroatoms. The predicted molar refractivity (Wildman–Crippen MR) is 76.9 cm³/mol. The van der Waals surface area contributed by atoms with Gasteiger partial charge in [0.1, 0.15) is 5.82 Å². The molecule has 2 heterocycles. The molecule has 100 valence electrons. The van der Waals surface area contributed by atoms with E-state index in [-0.39, 0.29) is 0 Å². The second kappa shape index (κ2) is 5.03. The van der Waals surface area contributed by atoms with Gasteiger partial charge in [-0.1, -0.05) is 19.9 Å². The first kappa shape index (κ1) is 12.2. The largest absolute Gasteiger partial charge is 0.385 e. The Balaban J connectivity index is 2.04. The molecule has 0 unspecified atom stereocenters. The highest BCUT2D eigenvalue weighted by atomic mass is 15.3. The maximum absolute atomic E-state index is 4.60. The third kappa shape index (κ3) is 2.23. The number of fused-ring (bicyclic) bond motifs is 1. The fourth-order valence-corrected chi connectivity index (χ4v) is 2.56. The van der Waals surface area contributed by atoms with Gasteiger partial charge in [0.15, 0.2) is 5.82 Å². The van der Waals surface area contributed by atoms with Crippen LogP contribution in [0, 0.1) is 0 Å². The van der Waals surface area contributed by atoms with Crippen LogP contribution in [0.5, 0.6) is 0 Å². The molecule has 0 bridgehead atoms. The lowest BCUT2D eigenvalue weighted by molar-refractivity contribution is 0.785. The smallest absolute Gasteiger partial charge is 0.151 e. The second-order valence-corrected chi connectivity index (χ2v) is 4.93. The number of benzene rings is 1. The minimum atomic E-state index is 0.878. The van der Waals surface area contributed by atoms with Crippen LogP contribution in [0.2, 0.25) is 0 Å². The van der Waals surface area contributed by atoms with Gasteiger partial charge in [0.2, 0.25) is 0 Å². The first-order valence-corrected chi connectivity index (χ1v) is 7.13. The molecule has 0 amide bonds. The second-order valence-electron chi connectivity index (χ2n) is 4.93. The minimum absolute atomic E-state index is 0.878. The summed E-state index contributed by atoms with van der Waals surface area (Å²) in [5.74, 6) is 1.95. The van der Waals surface area contributed by atoms with Gasteiger partial charge in [-0.3, -0.25) is 0 Å². The molecular formula is C15H20N4. The van der Waals surface area contributed by atoms with Gasteiger partial charge in [0, 0.05) is 25.1 Å². The van der Waals surface area contributed by atoms with Gasteiger partial charge in [-0.2, -0.15) is 5.10 Å². The topological polar surface area (TPSA) is 42.7 Å². The highest BCUT2D eigenvalue weighted by Crippen LogP contribution is 2.25. The van der Waals surface area contributed by atoms with E-state index in [0.717, 1.165) is 36.7 Å². The van der Waals surface area contributed by atoms with Crippen molar-refractivity contribution < 1.29 is 0 Å². The lowest BCUT2D eigenvalue weighted by atomic mass is 10.0. The summed E-state index contributed by atoms with van der Waals surface area (Å²) in [6.07, 6.45) is 4.16. The Morgan fingerprint density at radius 2 is 2.16 bits per heavy atom. The maximum Gasteiger partial charge on any atom is 0.151 e. The molecule has 0 saturated carbocycles. The molecule has 0 fully saturated rings. The van der Waals surface area contributed by atoms with Gasteiger partial charge < -0.3 is 5.32 Å². The lowest BCUT2D eigenvalue weighted by Gasteiger charge is -2.18. The Morgan fingerprint density at radius 1 is 1.26 bits per heavy atom. The van der Waals surface area contributed by atoms with Crippen molar-refractivity contribution in [1.29, 1.82) is 0 Å². The van der Waals surface area contributed by atoms with Crippen LogP contribution in [0.3, 0.4) is 0 Å². The standard InChI is InChI=1S/C15H20N4/c1-3-14-17-15(4-2)19(18-14)12-8-7-11-6-5-9-16-13(11)10-12/h7-8,10,16H,3-6,9H2,1-2H3. The van der Waals surface area contributed by atoms with Crippen LogP contribution in [0.1, 0.15) is 37.5 Å². The summed E-state index contributed by atoms with van der Waals surface area (Å²) in [5, 5.41) is 8.07. The molecule has 0 spiro atoms. The van der Waals surface area contributed by atoms with Crippen LogP contribution >= 0.6 is 0 Å². The molecule has 1 aliphatic heterocycles. The molecular weight excluding hydrogens is 236 g/mol. The first-order valence-electron chi connectivity index (χ1n) is 7.13. The fraction of sp³-hybridized carbons (Fsp3) is 0.467. The van der Waals surface area contributed by atoms with Crippen LogP contribution in [0.25, 0.3) is 5.69 Å². The molecule has 1 aromatic heterocycles. The lowest BCUT2D eigenvalue weighted by Crippen LogP contribution is -2.12. The number of aromatic nitrogens is 3. The molecule has 0 aliphatic carbocycles. The SMILES string of the molecule is CCc1nc(CC)n(-c2ccc3c(c2)NCCC3)n1. The molecule has 1 aromatic carbocycles. The molecule has 0 radical (unpaired) electrons. The molecule has 0 atom stereocenters. The van der Waals surface area contributed by atoms with Gasteiger partial charge in [-0.05, 0) is 30.5 Å². The van der Waals surface area contributed by atoms with E-state index >= 15 is 0 Å². The summed E-state index contributed by atoms with van der Waals surface area (Å²) < 4.78 is 1.98. The van der Waals surface area contributed by atoms with Crippen molar-refractivity contribution in [3.05, 3.63) is 35.4 Å². The molecule has 2 aromatic rings. The van der Waals surface area contributed by atoms with E-state index < -0.39 is 0 Å². The van der Waals surface area contributed by atoms with Gasteiger partial charge >= 0.3 is 0 Å². The van der Waals surface area contributed by atoms with Gasteiger partial charge in [-0.15, -0.1) is 0 Å². The van der Waals surface area contributed by atoms with Crippen LogP contribution in [-0.4, -0.2) is 21.3 Å². The number of rotatable bonds is 3. The number of anilines is 1. The predicted octanol–water partition coefficient (Wildman–Crippen LogP) is 2.75. The van der Waals surface area contributed by atoms with Crippen LogP contribution in [-0.2, 0) is 19.3 Å². The van der Waals surface area contributed by atoms with Crippen LogP contribution in [0.15, 0.2) is 18.2 Å². The summed E-state index contributed by atoms with van der Waals surface area (Å²) in [6.45, 7) is 5.28. The highest BCUT2D eigenvalue weighted by Gasteiger charge is 2.13. The zero-order valence-electron chi connectivity index (χ0n) is 11.6. The molecule has 0 saturated heterocycles. The molecule has 4 nitrogen and oxygen atoms in total. The van der Waals surface area contributed by atoms with Crippen molar-refractivity contribution in [2.75, 3.05) is 11.9 Å². The normalized spacial score (nSPS) is 14.0. The maximum atomic E-state index is 4.60. The average molecular weight is 256 g/mol. The Morgan fingerprint density at radius 3 is 2.95 bits per heavy atom. The van der Waals surface area contributed by atoms with Gasteiger partial charge in [-0.25, -0.2) is 9.67 Å². The Hall–Kier alpha value is -1.84. The van der Waals surface area contributed by atoms with Crippen molar-refractivity contribution in [1.82, 2.24) is 14.8 Å². The number of aryl methyl sites for hydroxylation is 3. The summed E-state index contributed by atoms with van der Waals surface area (Å²) >= 11 is 0. The third-order valence-corrected chi connectivity index (χ3v) is 3.63. The first-order chi connectivity index (χ1) is 9.31. The van der Waals surface area contributed by atoms with Crippen molar-refractivity contribution in [2.45, 2.75) is 39.5 Å². The van der Waals surface area contributed by atoms with Crippen molar-refractivity contribution in [2.24, 2.45) is 0 Å². The van der Waals surface area contributed by atoms with E-state index in [2.05, 4.69) is 47.4 Å². The molecule has 3 rings (SSSR count). The van der Waals surface area contributed by atoms with E-state index in [0.29, 0.717) is 0 Å². The Bertz CT molecular complexity index is 586. The summed E-state index contributed by atoms with van der Waals surface area (Å²) in [4.78, 5) is 4.57. The van der Waals surface area contributed by atoms with Gasteiger partial charge in [0.05, 0.1) is 5.69 Å². The molecule has 1 aliphatic rings. The Kier molecular flexibility index (Phi) is 3.23. The molecule has 1 N–H and O–H groups in total. The summed E-state index contributed by atoms with van der Waals surface area (Å²) in [6, 6.07) is 6.56. The van der Waals surface area contributed by atoms with E-state index in [9.17, 15) is 0 Å². The number of nitrogens with zero attached hydrogens (tertiary/aromatic N) is 3. The quantitative estimate of drug-likeness (QED) is 0.918. The Labute approximate surface area is 113 Å². The van der Waals surface area contributed by atoms with Crippen LogP contribution in [0.4, 0.5) is 5.69 Å². The summed E-state index contributed by atoms with van der Waals surface area (Å²) in [7, 11) is 0. The summed E-state index contributed by atoms with van der Waals surface area (Å²) in [5.41, 5.74) is 3.76. The van der Waals surface area contributed by atoms with E-state index in [1.54, 1.807) is 0 Å². The van der Waals surface area contributed by atoms with Crippen molar-refractivity contribution in [3.63, 3.8) is 0 Å². The van der Waals surface area contributed by atoms with Crippen molar-refractivity contribution >= 4 is 5.69 Å². The average Bonchev–Trinajstić information content (AvgIpc) is 2.90. The van der Waals surface area contributed by atoms with Gasteiger partial charge in [0.25, 0.3) is 0 Å². The minimum Gasteiger partial charge on any atom is -0.385 e. The number of nitrogens with one attached hydrogen (secondary N) is 1. The zero-order chi connectivity index (χ0) is 13.2. The van der Waals surface area contributed by atoms with E-state index in [4.69, 9.17) is 0 Å². The van der Waals surface area contributed by atoms with Crippen molar-refractivity contribution in [3.8, 4) is 5.69 Å².